The van der Waals surface area contributed by atoms with Crippen molar-refractivity contribution in [3.05, 3.63) is 0 Å². The Hall–Kier alpha value is -1.81. The van der Waals surface area contributed by atoms with E-state index in [2.05, 4.69) is 38.1 Å². The summed E-state index contributed by atoms with van der Waals surface area (Å²) < 4.78 is 9.17. The molecule has 2 amide bonds. The number of hydrogen-bond donors (Lipinski definition) is 4. The third-order valence-corrected chi connectivity index (χ3v) is 3.03. The number of thiol groups is 1. The van der Waals surface area contributed by atoms with Crippen LogP contribution >= 0.6 is 12.6 Å². The lowest BCUT2D eigenvalue weighted by Gasteiger charge is -2.15. The zero-order valence-corrected chi connectivity index (χ0v) is 14.1. The average molecular weight is 349 g/mol. The monoisotopic (exact) mass is 349 g/mol. The van der Waals surface area contributed by atoms with Gasteiger partial charge in [-0.15, -0.1) is 0 Å². The summed E-state index contributed by atoms with van der Waals surface area (Å²) >= 11 is 4.07. The lowest BCUT2D eigenvalue weighted by Crippen LogP contribution is -2.44. The van der Waals surface area contributed by atoms with E-state index >= 15 is 0 Å². The van der Waals surface area contributed by atoms with Crippen LogP contribution in [0.4, 0.5) is 0 Å². The third kappa shape index (κ3) is 11.4. The molecule has 0 spiro atoms. The molecule has 0 heterocycles. The smallest absolute Gasteiger partial charge is 0.325 e. The Morgan fingerprint density at radius 1 is 1.00 bits per heavy atom. The molecule has 0 aromatic heterocycles. The van der Waals surface area contributed by atoms with Gasteiger partial charge in [-0.25, -0.2) is 0 Å². The normalized spacial score (nSPS) is 11.3. The summed E-state index contributed by atoms with van der Waals surface area (Å²) in [7, 11) is 1.28. The zero-order valence-electron chi connectivity index (χ0n) is 13.2. The number of ether oxygens (including phenoxy) is 2. The lowest BCUT2D eigenvalue weighted by atomic mass is 10.2. The van der Waals surface area contributed by atoms with Crippen LogP contribution in [0.3, 0.4) is 0 Å². The van der Waals surface area contributed by atoms with Crippen molar-refractivity contribution in [2.45, 2.75) is 19.4 Å². The van der Waals surface area contributed by atoms with Crippen LogP contribution in [0.5, 0.6) is 0 Å². The predicted octanol–water partition coefficient (Wildman–Crippen LogP) is -1.77. The summed E-state index contributed by atoms with van der Waals surface area (Å²) in [6.07, 6.45) is 0.0906. The molecule has 0 radical (unpaired) electrons. The van der Waals surface area contributed by atoms with Crippen molar-refractivity contribution in [1.29, 1.82) is 0 Å². The Labute approximate surface area is 140 Å². The summed E-state index contributed by atoms with van der Waals surface area (Å²) in [5, 5.41) is 7.52. The first-order valence-electron chi connectivity index (χ1n) is 7.03. The highest BCUT2D eigenvalue weighted by atomic mass is 32.1. The molecule has 23 heavy (non-hydrogen) atoms. The van der Waals surface area contributed by atoms with E-state index < -0.39 is 23.8 Å². The standard InChI is InChI=1S/C13H23N3O6S/c1-3-22-13(20)7-16-11(18)6-15-10(17)5-14-9(8-23)4-12(19)21-2/h9,14,23H,3-8H2,1-2H3,(H,15,17)(H,16,18). The molecule has 0 saturated carbocycles. The maximum atomic E-state index is 11.6. The minimum atomic E-state index is -0.548. The van der Waals surface area contributed by atoms with Gasteiger partial charge >= 0.3 is 11.9 Å². The number of methoxy groups -OCH3 is 1. The fraction of sp³-hybridized carbons (Fsp3) is 0.692. The first-order chi connectivity index (χ1) is 10.9. The van der Waals surface area contributed by atoms with Gasteiger partial charge in [0.15, 0.2) is 0 Å². The molecular weight excluding hydrogens is 326 g/mol. The van der Waals surface area contributed by atoms with Crippen LogP contribution in [0.15, 0.2) is 0 Å². The lowest BCUT2D eigenvalue weighted by molar-refractivity contribution is -0.143. The summed E-state index contributed by atoms with van der Waals surface area (Å²) in [5.41, 5.74) is 0. The minimum absolute atomic E-state index is 0.0760. The quantitative estimate of drug-likeness (QED) is 0.257. The maximum absolute atomic E-state index is 11.6. The van der Waals surface area contributed by atoms with E-state index in [0.717, 1.165) is 0 Å². The molecule has 0 rings (SSSR count). The molecule has 132 valence electrons. The molecule has 1 atom stereocenters. The Balaban J connectivity index is 3.90. The highest BCUT2D eigenvalue weighted by Gasteiger charge is 2.14. The number of rotatable bonds is 11. The second kappa shape index (κ2) is 12.7. The first kappa shape index (κ1) is 21.2. The average Bonchev–Trinajstić information content (AvgIpc) is 2.54. The third-order valence-electron chi connectivity index (χ3n) is 2.59. The van der Waals surface area contributed by atoms with Crippen molar-refractivity contribution in [2.24, 2.45) is 0 Å². The molecule has 10 heteroatoms. The van der Waals surface area contributed by atoms with Crippen molar-refractivity contribution in [3.8, 4) is 0 Å². The van der Waals surface area contributed by atoms with Gasteiger partial charge in [0.2, 0.25) is 11.8 Å². The topological polar surface area (TPSA) is 123 Å². The van der Waals surface area contributed by atoms with Crippen LogP contribution in [-0.4, -0.2) is 68.9 Å². The number of carbonyl (C=O) groups is 4. The van der Waals surface area contributed by atoms with Gasteiger partial charge in [-0.05, 0) is 6.92 Å². The Morgan fingerprint density at radius 3 is 2.17 bits per heavy atom. The van der Waals surface area contributed by atoms with Crippen LogP contribution in [0.2, 0.25) is 0 Å². The molecule has 0 aliphatic heterocycles. The van der Waals surface area contributed by atoms with Gasteiger partial charge in [0.05, 0.1) is 33.2 Å². The van der Waals surface area contributed by atoms with Gasteiger partial charge in [0.25, 0.3) is 0 Å². The van der Waals surface area contributed by atoms with Gasteiger partial charge in [-0.1, -0.05) is 0 Å². The first-order valence-corrected chi connectivity index (χ1v) is 7.66. The number of hydrogen-bond acceptors (Lipinski definition) is 8. The number of amides is 2. The highest BCUT2D eigenvalue weighted by molar-refractivity contribution is 7.80. The van der Waals surface area contributed by atoms with Crippen molar-refractivity contribution < 1.29 is 28.7 Å². The van der Waals surface area contributed by atoms with Crippen molar-refractivity contribution >= 4 is 36.4 Å². The highest BCUT2D eigenvalue weighted by Crippen LogP contribution is 1.96. The Bertz CT molecular complexity index is 419. The van der Waals surface area contributed by atoms with Crippen LogP contribution in [0.1, 0.15) is 13.3 Å². The maximum Gasteiger partial charge on any atom is 0.325 e. The molecule has 0 aromatic carbocycles. The molecule has 0 saturated heterocycles. The van der Waals surface area contributed by atoms with Crippen molar-refractivity contribution in [3.63, 3.8) is 0 Å². The summed E-state index contributed by atoms with van der Waals surface area (Å²) in [6.45, 7) is 1.30. The van der Waals surface area contributed by atoms with Crippen LogP contribution < -0.4 is 16.0 Å². The molecule has 0 fully saturated rings. The van der Waals surface area contributed by atoms with Crippen LogP contribution in [0, 0.1) is 0 Å². The van der Waals surface area contributed by atoms with E-state index in [0.29, 0.717) is 5.75 Å². The minimum Gasteiger partial charge on any atom is -0.469 e. The van der Waals surface area contributed by atoms with E-state index in [9.17, 15) is 19.2 Å². The Kier molecular flexibility index (Phi) is 11.7. The van der Waals surface area contributed by atoms with Gasteiger partial charge < -0.3 is 25.4 Å². The molecule has 0 bridgehead atoms. The largest absolute Gasteiger partial charge is 0.469 e. The number of carbonyl (C=O) groups excluding carboxylic acids is 4. The van der Waals surface area contributed by atoms with Gasteiger partial charge in [-0.2, -0.15) is 12.6 Å². The molecule has 0 aromatic rings. The molecule has 3 N–H and O–H groups in total. The Morgan fingerprint density at radius 2 is 1.61 bits per heavy atom. The van der Waals surface area contributed by atoms with Gasteiger partial charge in [0.1, 0.15) is 6.54 Å². The zero-order chi connectivity index (χ0) is 17.7. The van der Waals surface area contributed by atoms with Crippen LogP contribution in [-0.2, 0) is 28.7 Å². The van der Waals surface area contributed by atoms with Crippen molar-refractivity contribution in [1.82, 2.24) is 16.0 Å². The number of esters is 2. The summed E-state index contributed by atoms with van der Waals surface area (Å²) in [5.74, 6) is -1.54. The van der Waals surface area contributed by atoms with E-state index in [-0.39, 0.29) is 38.7 Å². The van der Waals surface area contributed by atoms with Gasteiger partial charge in [-0.3, -0.25) is 19.2 Å². The molecule has 0 aliphatic carbocycles. The van der Waals surface area contributed by atoms with E-state index in [1.165, 1.54) is 7.11 Å². The molecule has 0 aliphatic rings. The van der Waals surface area contributed by atoms with E-state index in [1.807, 2.05) is 0 Å². The van der Waals surface area contributed by atoms with Crippen molar-refractivity contribution in [2.75, 3.05) is 39.1 Å². The molecule has 9 nitrogen and oxygen atoms in total. The van der Waals surface area contributed by atoms with Crippen LogP contribution in [0.25, 0.3) is 0 Å². The fourth-order valence-electron chi connectivity index (χ4n) is 1.41. The second-order valence-corrected chi connectivity index (χ2v) is 4.76. The van der Waals surface area contributed by atoms with Gasteiger partial charge in [0, 0.05) is 11.8 Å². The summed E-state index contributed by atoms with van der Waals surface area (Å²) in [4.78, 5) is 45.1. The molecule has 1 unspecified atom stereocenters. The number of nitrogens with one attached hydrogen (secondary N) is 3. The molecular formula is C13H23N3O6S. The summed E-state index contributed by atoms with van der Waals surface area (Å²) in [6, 6.07) is -0.311. The fourth-order valence-corrected chi connectivity index (χ4v) is 1.67. The second-order valence-electron chi connectivity index (χ2n) is 4.40. The van der Waals surface area contributed by atoms with E-state index in [1.54, 1.807) is 6.92 Å². The SMILES string of the molecule is CCOC(=O)CNC(=O)CNC(=O)CNC(CS)CC(=O)OC. The van der Waals surface area contributed by atoms with E-state index in [4.69, 9.17) is 0 Å². The predicted molar refractivity (Wildman–Crippen MR) is 84.9 cm³/mol.